The van der Waals surface area contributed by atoms with Crippen LogP contribution in [-0.4, -0.2) is 13.7 Å². The van der Waals surface area contributed by atoms with Crippen LogP contribution >= 0.6 is 0 Å². The summed E-state index contributed by atoms with van der Waals surface area (Å²) in [4.78, 5) is 0. The molecular weight excluding hydrogens is 188 g/mol. The predicted molar refractivity (Wildman–Crippen MR) is 63.2 cm³/mol. The van der Waals surface area contributed by atoms with Crippen LogP contribution in [0.3, 0.4) is 0 Å². The maximum atomic E-state index is 5.99. The molecule has 3 heteroatoms. The zero-order chi connectivity index (χ0) is 11.6. The lowest BCUT2D eigenvalue weighted by atomic mass is 9.94. The Kier molecular flexibility index (Phi) is 3.72. The van der Waals surface area contributed by atoms with Crippen molar-refractivity contribution in [3.63, 3.8) is 0 Å². The third kappa shape index (κ3) is 2.13. The van der Waals surface area contributed by atoms with Gasteiger partial charge >= 0.3 is 0 Å². The van der Waals surface area contributed by atoms with Crippen molar-refractivity contribution in [3.05, 3.63) is 28.3 Å². The highest BCUT2D eigenvalue weighted by Crippen LogP contribution is 2.32. The van der Waals surface area contributed by atoms with Gasteiger partial charge in [0.2, 0.25) is 0 Å². The second kappa shape index (κ2) is 4.64. The minimum Gasteiger partial charge on any atom is -0.496 e. The Balaban J connectivity index is 3.41. The van der Waals surface area contributed by atoms with Gasteiger partial charge < -0.3 is 16.2 Å². The Morgan fingerprint density at radius 3 is 2.33 bits per heavy atom. The van der Waals surface area contributed by atoms with Crippen LogP contribution in [0.2, 0.25) is 0 Å². The Morgan fingerprint density at radius 1 is 1.27 bits per heavy atom. The molecule has 1 aromatic carbocycles. The number of benzene rings is 1. The van der Waals surface area contributed by atoms with Crippen LogP contribution in [0, 0.1) is 20.8 Å². The Bertz CT molecular complexity index is 361. The maximum Gasteiger partial charge on any atom is 0.127 e. The van der Waals surface area contributed by atoms with Gasteiger partial charge in [-0.2, -0.15) is 0 Å². The van der Waals surface area contributed by atoms with Crippen LogP contribution in [0.25, 0.3) is 0 Å². The molecule has 0 bridgehead atoms. The quantitative estimate of drug-likeness (QED) is 0.792. The maximum absolute atomic E-state index is 5.99. The van der Waals surface area contributed by atoms with Gasteiger partial charge in [0.1, 0.15) is 5.75 Å². The first-order valence-electron chi connectivity index (χ1n) is 5.13. The minimum atomic E-state index is -0.153. The van der Waals surface area contributed by atoms with Crippen molar-refractivity contribution in [1.82, 2.24) is 0 Å². The number of hydrogen-bond acceptors (Lipinski definition) is 3. The Labute approximate surface area is 91.4 Å². The molecule has 0 saturated carbocycles. The molecule has 4 N–H and O–H groups in total. The molecule has 0 fully saturated rings. The highest BCUT2D eigenvalue weighted by Gasteiger charge is 2.16. The van der Waals surface area contributed by atoms with Crippen LogP contribution in [0.15, 0.2) is 6.07 Å². The number of aryl methyl sites for hydroxylation is 2. The number of rotatable bonds is 3. The van der Waals surface area contributed by atoms with Crippen molar-refractivity contribution in [3.8, 4) is 5.75 Å². The molecular formula is C12H20N2O. The summed E-state index contributed by atoms with van der Waals surface area (Å²) < 4.78 is 5.43. The first kappa shape index (κ1) is 12.0. The number of nitrogens with two attached hydrogens (primary N) is 2. The number of ether oxygens (including phenoxy) is 1. The van der Waals surface area contributed by atoms with Crippen molar-refractivity contribution >= 4 is 0 Å². The molecule has 0 spiro atoms. The number of hydrogen-bond donors (Lipinski definition) is 2. The topological polar surface area (TPSA) is 61.3 Å². The van der Waals surface area contributed by atoms with Gasteiger partial charge in [-0.05, 0) is 37.5 Å². The summed E-state index contributed by atoms with van der Waals surface area (Å²) in [5, 5.41) is 0. The van der Waals surface area contributed by atoms with Gasteiger partial charge in [0.15, 0.2) is 0 Å². The molecule has 1 rings (SSSR count). The molecule has 3 nitrogen and oxygen atoms in total. The van der Waals surface area contributed by atoms with Crippen molar-refractivity contribution in [2.75, 3.05) is 13.7 Å². The molecule has 0 aliphatic rings. The second-order valence-corrected chi connectivity index (χ2v) is 3.92. The summed E-state index contributed by atoms with van der Waals surface area (Å²) in [6.45, 7) is 6.59. The van der Waals surface area contributed by atoms with Crippen LogP contribution in [0.1, 0.15) is 28.3 Å². The molecule has 1 aromatic rings. The van der Waals surface area contributed by atoms with Crippen LogP contribution in [-0.2, 0) is 0 Å². The van der Waals surface area contributed by atoms with Crippen molar-refractivity contribution in [2.24, 2.45) is 11.5 Å². The third-order valence-electron chi connectivity index (χ3n) is 2.86. The fraction of sp³-hybridized carbons (Fsp3) is 0.500. The van der Waals surface area contributed by atoms with E-state index < -0.39 is 0 Å². The van der Waals surface area contributed by atoms with E-state index in [9.17, 15) is 0 Å². The fourth-order valence-corrected chi connectivity index (χ4v) is 1.91. The zero-order valence-corrected chi connectivity index (χ0v) is 9.92. The smallest absolute Gasteiger partial charge is 0.127 e. The van der Waals surface area contributed by atoms with Crippen LogP contribution in [0.5, 0.6) is 5.75 Å². The minimum absolute atomic E-state index is 0.153. The average molecular weight is 208 g/mol. The highest BCUT2D eigenvalue weighted by molar-refractivity contribution is 5.51. The molecule has 84 valence electrons. The van der Waals surface area contributed by atoms with Gasteiger partial charge in [0, 0.05) is 18.2 Å². The molecule has 0 aromatic heterocycles. The van der Waals surface area contributed by atoms with E-state index in [1.807, 2.05) is 13.8 Å². The Hall–Kier alpha value is -1.06. The first-order valence-corrected chi connectivity index (χ1v) is 5.13. The van der Waals surface area contributed by atoms with E-state index in [0.717, 1.165) is 22.4 Å². The summed E-state index contributed by atoms with van der Waals surface area (Å²) >= 11 is 0. The van der Waals surface area contributed by atoms with Gasteiger partial charge in [-0.3, -0.25) is 0 Å². The lowest BCUT2D eigenvalue weighted by Gasteiger charge is -2.20. The van der Waals surface area contributed by atoms with E-state index in [1.54, 1.807) is 7.11 Å². The predicted octanol–water partition coefficient (Wildman–Crippen LogP) is 1.58. The van der Waals surface area contributed by atoms with E-state index in [1.165, 1.54) is 5.56 Å². The monoisotopic (exact) mass is 208 g/mol. The van der Waals surface area contributed by atoms with Gasteiger partial charge in [-0.1, -0.05) is 6.07 Å². The van der Waals surface area contributed by atoms with Gasteiger partial charge in [0.05, 0.1) is 7.11 Å². The number of methoxy groups -OCH3 is 1. The molecule has 0 amide bonds. The molecule has 0 radical (unpaired) electrons. The van der Waals surface area contributed by atoms with Gasteiger partial charge in [-0.25, -0.2) is 0 Å². The van der Waals surface area contributed by atoms with Crippen molar-refractivity contribution in [2.45, 2.75) is 26.8 Å². The second-order valence-electron chi connectivity index (χ2n) is 3.92. The van der Waals surface area contributed by atoms with Crippen molar-refractivity contribution < 1.29 is 4.74 Å². The molecule has 0 aliphatic heterocycles. The molecule has 15 heavy (non-hydrogen) atoms. The molecule has 1 unspecified atom stereocenters. The Morgan fingerprint density at radius 2 is 1.87 bits per heavy atom. The fourth-order valence-electron chi connectivity index (χ4n) is 1.91. The molecule has 0 heterocycles. The summed E-state index contributed by atoms with van der Waals surface area (Å²) in [5.74, 6) is 0.880. The molecule has 1 atom stereocenters. The lowest BCUT2D eigenvalue weighted by Crippen LogP contribution is -2.22. The third-order valence-corrected chi connectivity index (χ3v) is 2.86. The lowest BCUT2D eigenvalue weighted by molar-refractivity contribution is 0.402. The molecule has 0 saturated heterocycles. The van der Waals surface area contributed by atoms with Gasteiger partial charge in [-0.15, -0.1) is 0 Å². The average Bonchev–Trinajstić information content (AvgIpc) is 2.21. The highest BCUT2D eigenvalue weighted by atomic mass is 16.5. The van der Waals surface area contributed by atoms with Crippen molar-refractivity contribution in [1.29, 1.82) is 0 Å². The van der Waals surface area contributed by atoms with E-state index in [2.05, 4.69) is 13.0 Å². The largest absolute Gasteiger partial charge is 0.496 e. The van der Waals surface area contributed by atoms with Crippen LogP contribution in [0.4, 0.5) is 0 Å². The normalized spacial score (nSPS) is 12.7. The first-order chi connectivity index (χ1) is 7.02. The van der Waals surface area contributed by atoms with E-state index in [-0.39, 0.29) is 6.04 Å². The van der Waals surface area contributed by atoms with E-state index in [4.69, 9.17) is 16.2 Å². The molecule has 0 aliphatic carbocycles. The van der Waals surface area contributed by atoms with Gasteiger partial charge in [0.25, 0.3) is 0 Å². The summed E-state index contributed by atoms with van der Waals surface area (Å²) in [7, 11) is 1.67. The summed E-state index contributed by atoms with van der Waals surface area (Å²) in [5.41, 5.74) is 16.1. The summed E-state index contributed by atoms with van der Waals surface area (Å²) in [6, 6.07) is 1.97. The van der Waals surface area contributed by atoms with Crippen LogP contribution < -0.4 is 16.2 Å². The standard InChI is InChI=1S/C12H20N2O/c1-7-5-8(2)11(10(14)6-13)12(15-4)9(7)3/h5,10H,6,13-14H2,1-4H3. The zero-order valence-electron chi connectivity index (χ0n) is 9.92. The van der Waals surface area contributed by atoms with E-state index in [0.29, 0.717) is 6.54 Å². The summed E-state index contributed by atoms with van der Waals surface area (Å²) in [6.07, 6.45) is 0. The van der Waals surface area contributed by atoms with E-state index >= 15 is 0 Å². The SMILES string of the molecule is COc1c(C)c(C)cc(C)c1C(N)CN.